The van der Waals surface area contributed by atoms with Crippen molar-refractivity contribution < 1.29 is 8.78 Å². The Hall–Kier alpha value is -1.32. The Morgan fingerprint density at radius 1 is 1.05 bits per heavy atom. The third-order valence-electron chi connectivity index (χ3n) is 2.69. The zero-order valence-electron chi connectivity index (χ0n) is 10.1. The van der Waals surface area contributed by atoms with E-state index in [0.717, 1.165) is 5.56 Å². The molecule has 0 fully saturated rings. The van der Waals surface area contributed by atoms with Crippen molar-refractivity contribution in [3.8, 4) is 0 Å². The topological polar surface area (TPSA) is 12.0 Å². The molecule has 100 valence electrons. The number of anilines is 1. The first-order chi connectivity index (χ1) is 8.95. The molecule has 0 aliphatic carbocycles. The lowest BCUT2D eigenvalue weighted by atomic mass is 10.1. The van der Waals surface area contributed by atoms with E-state index in [1.165, 1.54) is 24.3 Å². The van der Waals surface area contributed by atoms with Gasteiger partial charge in [0.15, 0.2) is 0 Å². The molecule has 5 heteroatoms. The molecule has 0 aliphatic rings. The smallest absolute Gasteiger partial charge is 0.141 e. The molecule has 1 atom stereocenters. The van der Waals surface area contributed by atoms with Gasteiger partial charge in [0.2, 0.25) is 0 Å². The molecule has 2 aromatic rings. The number of rotatable bonds is 3. The predicted molar refractivity (Wildman–Crippen MR) is 74.9 cm³/mol. The summed E-state index contributed by atoms with van der Waals surface area (Å²) in [6, 6.07) is 8.49. The lowest BCUT2D eigenvalue weighted by molar-refractivity contribution is 0.626. The van der Waals surface area contributed by atoms with E-state index in [4.69, 9.17) is 23.2 Å². The number of hydrogen-bond acceptors (Lipinski definition) is 1. The van der Waals surface area contributed by atoms with E-state index < -0.39 is 11.6 Å². The second-order valence-electron chi connectivity index (χ2n) is 4.20. The van der Waals surface area contributed by atoms with Gasteiger partial charge >= 0.3 is 0 Å². The van der Waals surface area contributed by atoms with Crippen LogP contribution in [-0.2, 0) is 0 Å². The monoisotopic (exact) mass is 301 g/mol. The second-order valence-corrected chi connectivity index (χ2v) is 5.04. The molecule has 0 saturated heterocycles. The first-order valence-corrected chi connectivity index (χ1v) is 6.39. The maximum absolute atomic E-state index is 13.2. The minimum atomic E-state index is -0.466. The molecular weight excluding hydrogens is 291 g/mol. The van der Waals surface area contributed by atoms with Crippen LogP contribution in [0.5, 0.6) is 0 Å². The van der Waals surface area contributed by atoms with Crippen LogP contribution in [-0.4, -0.2) is 0 Å². The average Bonchev–Trinajstić information content (AvgIpc) is 2.31. The lowest BCUT2D eigenvalue weighted by Crippen LogP contribution is -2.07. The summed E-state index contributed by atoms with van der Waals surface area (Å²) < 4.78 is 26.3. The first-order valence-electron chi connectivity index (χ1n) is 5.63. The van der Waals surface area contributed by atoms with E-state index >= 15 is 0 Å². The van der Waals surface area contributed by atoms with Gasteiger partial charge in [0, 0.05) is 16.8 Å². The minimum Gasteiger partial charge on any atom is -0.378 e. The summed E-state index contributed by atoms with van der Waals surface area (Å²) in [5.41, 5.74) is 1.35. The normalized spacial score (nSPS) is 12.3. The van der Waals surface area contributed by atoms with Crippen molar-refractivity contribution in [3.63, 3.8) is 0 Å². The predicted octanol–water partition coefficient (Wildman–Crippen LogP) is 5.44. The Labute approximate surface area is 120 Å². The summed E-state index contributed by atoms with van der Waals surface area (Å²) in [4.78, 5) is 0. The highest BCUT2D eigenvalue weighted by molar-refractivity contribution is 6.31. The molecule has 1 unspecified atom stereocenters. The van der Waals surface area contributed by atoms with Crippen molar-refractivity contribution >= 4 is 28.9 Å². The molecule has 0 saturated carbocycles. The largest absolute Gasteiger partial charge is 0.378 e. The van der Waals surface area contributed by atoms with Crippen molar-refractivity contribution in [2.75, 3.05) is 5.32 Å². The zero-order chi connectivity index (χ0) is 14.0. The molecule has 2 aromatic carbocycles. The fourth-order valence-electron chi connectivity index (χ4n) is 1.75. The molecule has 0 amide bonds. The van der Waals surface area contributed by atoms with Crippen LogP contribution in [0.4, 0.5) is 14.5 Å². The van der Waals surface area contributed by atoms with Crippen LogP contribution in [0.15, 0.2) is 36.4 Å². The molecule has 0 bridgehead atoms. The van der Waals surface area contributed by atoms with Gasteiger partial charge < -0.3 is 5.32 Å². The van der Waals surface area contributed by atoms with Crippen LogP contribution in [0.3, 0.4) is 0 Å². The lowest BCUT2D eigenvalue weighted by Gasteiger charge is -2.16. The molecule has 0 heterocycles. The third kappa shape index (κ3) is 3.58. The van der Waals surface area contributed by atoms with Crippen LogP contribution in [0.2, 0.25) is 10.0 Å². The van der Waals surface area contributed by atoms with Crippen molar-refractivity contribution in [1.82, 2.24) is 0 Å². The standard InChI is InChI=1S/C14H11Cl2F2N/c1-8(9-2-3-14(18)13(16)4-9)19-12-6-10(15)5-11(17)7-12/h2-8,19H,1H3. The summed E-state index contributed by atoms with van der Waals surface area (Å²) in [5.74, 6) is -0.884. The Morgan fingerprint density at radius 2 is 1.79 bits per heavy atom. The highest BCUT2D eigenvalue weighted by atomic mass is 35.5. The highest BCUT2D eigenvalue weighted by Gasteiger charge is 2.09. The molecule has 1 nitrogen and oxygen atoms in total. The van der Waals surface area contributed by atoms with Crippen molar-refractivity contribution in [2.24, 2.45) is 0 Å². The number of halogens is 4. The van der Waals surface area contributed by atoms with Gasteiger partial charge in [-0.3, -0.25) is 0 Å². The molecule has 0 spiro atoms. The van der Waals surface area contributed by atoms with Crippen LogP contribution < -0.4 is 5.32 Å². The van der Waals surface area contributed by atoms with Crippen molar-refractivity contribution in [2.45, 2.75) is 13.0 Å². The maximum atomic E-state index is 13.2. The quantitative estimate of drug-likeness (QED) is 0.795. The van der Waals surface area contributed by atoms with Crippen molar-refractivity contribution in [1.29, 1.82) is 0 Å². The molecular formula is C14H11Cl2F2N. The first kappa shape index (κ1) is 14.1. The van der Waals surface area contributed by atoms with Gasteiger partial charge in [0.1, 0.15) is 11.6 Å². The fraction of sp³-hybridized carbons (Fsp3) is 0.143. The second kappa shape index (κ2) is 5.76. The molecule has 0 radical (unpaired) electrons. The molecule has 1 N–H and O–H groups in total. The average molecular weight is 302 g/mol. The van der Waals surface area contributed by atoms with Gasteiger partial charge in [-0.2, -0.15) is 0 Å². The summed E-state index contributed by atoms with van der Waals surface area (Å²) in [7, 11) is 0. The van der Waals surface area contributed by atoms with E-state index in [9.17, 15) is 8.78 Å². The van der Waals surface area contributed by atoms with E-state index in [2.05, 4.69) is 5.32 Å². The number of benzene rings is 2. The Balaban J connectivity index is 2.20. The summed E-state index contributed by atoms with van der Waals surface area (Å²) in [6.07, 6.45) is 0. The van der Waals surface area contributed by atoms with E-state index in [-0.39, 0.29) is 11.1 Å². The minimum absolute atomic E-state index is 0.0587. The summed E-state index contributed by atoms with van der Waals surface area (Å²) in [5, 5.41) is 3.45. The van der Waals surface area contributed by atoms with Gasteiger partial charge in [-0.15, -0.1) is 0 Å². The van der Waals surface area contributed by atoms with E-state index in [1.54, 1.807) is 12.1 Å². The number of hydrogen-bond donors (Lipinski definition) is 1. The third-order valence-corrected chi connectivity index (χ3v) is 3.20. The van der Waals surface area contributed by atoms with Gasteiger partial charge in [-0.25, -0.2) is 8.78 Å². The maximum Gasteiger partial charge on any atom is 0.141 e. The Morgan fingerprint density at radius 3 is 2.42 bits per heavy atom. The van der Waals surface area contributed by atoms with Crippen molar-refractivity contribution in [3.05, 3.63) is 63.6 Å². The van der Waals surface area contributed by atoms with Gasteiger partial charge in [-0.1, -0.05) is 29.3 Å². The van der Waals surface area contributed by atoms with Crippen LogP contribution in [0.1, 0.15) is 18.5 Å². The molecule has 19 heavy (non-hydrogen) atoms. The van der Waals surface area contributed by atoms with E-state index in [1.807, 2.05) is 6.92 Å². The highest BCUT2D eigenvalue weighted by Crippen LogP contribution is 2.25. The van der Waals surface area contributed by atoms with Gasteiger partial charge in [0.05, 0.1) is 5.02 Å². The van der Waals surface area contributed by atoms with Crippen LogP contribution >= 0.6 is 23.2 Å². The number of nitrogens with one attached hydrogen (secondary N) is 1. The van der Waals surface area contributed by atoms with Crippen LogP contribution in [0, 0.1) is 11.6 Å². The fourth-order valence-corrected chi connectivity index (χ4v) is 2.16. The van der Waals surface area contributed by atoms with Crippen LogP contribution in [0.25, 0.3) is 0 Å². The molecule has 2 rings (SSSR count). The zero-order valence-corrected chi connectivity index (χ0v) is 11.6. The van der Waals surface area contributed by atoms with Gasteiger partial charge in [0.25, 0.3) is 0 Å². The SMILES string of the molecule is CC(Nc1cc(F)cc(Cl)c1)c1ccc(F)c(Cl)c1. The van der Waals surface area contributed by atoms with Gasteiger partial charge in [-0.05, 0) is 42.8 Å². The van der Waals surface area contributed by atoms with E-state index in [0.29, 0.717) is 10.7 Å². The molecule has 0 aromatic heterocycles. The molecule has 0 aliphatic heterocycles. The Bertz CT molecular complexity index is 582. The summed E-state index contributed by atoms with van der Waals surface area (Å²) >= 11 is 11.5. The Kier molecular flexibility index (Phi) is 4.27. The summed E-state index contributed by atoms with van der Waals surface area (Å²) in [6.45, 7) is 1.86.